The van der Waals surface area contributed by atoms with Crippen molar-refractivity contribution < 1.29 is 13.9 Å². The first-order valence-electron chi connectivity index (χ1n) is 12.6. The van der Waals surface area contributed by atoms with Gasteiger partial charge < -0.3 is 13.7 Å². The third-order valence-corrected chi connectivity index (χ3v) is 7.46. The number of rotatable bonds is 10. The Hall–Kier alpha value is -4.05. The molecule has 3 aromatic carbocycles. The summed E-state index contributed by atoms with van der Waals surface area (Å²) < 4.78 is 13.3. The molecule has 0 unspecified atom stereocenters. The summed E-state index contributed by atoms with van der Waals surface area (Å²) in [6.45, 7) is 4.09. The van der Waals surface area contributed by atoms with E-state index in [1.54, 1.807) is 24.4 Å². The maximum atomic E-state index is 12.3. The molecule has 0 saturated carbocycles. The van der Waals surface area contributed by atoms with Crippen molar-refractivity contribution in [2.75, 3.05) is 5.75 Å². The summed E-state index contributed by atoms with van der Waals surface area (Å²) in [5.41, 5.74) is 8.93. The smallest absolute Gasteiger partial charge is 0.277 e. The molecule has 0 aliphatic carbocycles. The van der Waals surface area contributed by atoms with Gasteiger partial charge in [-0.15, -0.1) is 10.2 Å². The maximum absolute atomic E-state index is 12.3. The number of nitrogens with zero attached hydrogens (tertiary/aromatic N) is 4. The van der Waals surface area contributed by atoms with Crippen molar-refractivity contribution >= 4 is 47.1 Å². The number of aryl methyl sites for hydroxylation is 1. The first kappa shape index (κ1) is 28.5. The van der Waals surface area contributed by atoms with Gasteiger partial charge in [0.1, 0.15) is 5.75 Å². The molecule has 8 nitrogen and oxygen atoms in total. The monoisotopic (exact) mass is 605 g/mol. The summed E-state index contributed by atoms with van der Waals surface area (Å²) in [7, 11) is 0. The number of ether oxygens (including phenoxy) is 1. The highest BCUT2D eigenvalue weighted by molar-refractivity contribution is 7.99. The van der Waals surface area contributed by atoms with Crippen LogP contribution in [0.2, 0.25) is 10.0 Å². The summed E-state index contributed by atoms with van der Waals surface area (Å²) in [6, 6.07) is 25.6. The van der Waals surface area contributed by atoms with Crippen molar-refractivity contribution in [3.05, 3.63) is 112 Å². The molecule has 1 N–H and O–H groups in total. The molecule has 1 amide bonds. The van der Waals surface area contributed by atoms with E-state index in [0.29, 0.717) is 15.8 Å². The molecule has 0 aliphatic heterocycles. The van der Waals surface area contributed by atoms with Gasteiger partial charge in [-0.25, -0.2) is 5.43 Å². The number of thioether (sulfide) groups is 1. The highest BCUT2D eigenvalue weighted by atomic mass is 35.5. The lowest BCUT2D eigenvalue weighted by atomic mass is 10.1. The first-order chi connectivity index (χ1) is 19.9. The van der Waals surface area contributed by atoms with E-state index in [-0.39, 0.29) is 29.4 Å². The van der Waals surface area contributed by atoms with Gasteiger partial charge in [-0.3, -0.25) is 4.79 Å². The van der Waals surface area contributed by atoms with Gasteiger partial charge in [0.25, 0.3) is 17.0 Å². The lowest BCUT2D eigenvalue weighted by molar-refractivity contribution is -0.118. The summed E-state index contributed by atoms with van der Waals surface area (Å²) >= 11 is 13.1. The van der Waals surface area contributed by atoms with E-state index in [0.717, 1.165) is 40.0 Å². The van der Waals surface area contributed by atoms with Crippen LogP contribution in [0.15, 0.2) is 93.6 Å². The number of hydrazone groups is 1. The minimum atomic E-state index is -0.305. The zero-order valence-electron chi connectivity index (χ0n) is 22.2. The summed E-state index contributed by atoms with van der Waals surface area (Å²) in [5.74, 6) is 0.445. The Morgan fingerprint density at radius 1 is 1.02 bits per heavy atom. The van der Waals surface area contributed by atoms with Crippen LogP contribution in [0.5, 0.6) is 5.75 Å². The molecular weight excluding hydrogens is 581 g/mol. The molecule has 0 spiro atoms. The Morgan fingerprint density at radius 2 is 1.78 bits per heavy atom. The van der Waals surface area contributed by atoms with Crippen LogP contribution in [0.4, 0.5) is 0 Å². The fraction of sp³-hybridized carbons (Fsp3) is 0.133. The van der Waals surface area contributed by atoms with Crippen molar-refractivity contribution in [3.63, 3.8) is 0 Å². The molecule has 2 heterocycles. The number of benzene rings is 3. The number of carbonyl (C=O) groups is 1. The van der Waals surface area contributed by atoms with Gasteiger partial charge in [0.2, 0.25) is 0 Å². The fourth-order valence-electron chi connectivity index (χ4n) is 4.17. The average Bonchev–Trinajstić information content (AvgIpc) is 3.55. The molecule has 0 saturated heterocycles. The molecule has 208 valence electrons. The van der Waals surface area contributed by atoms with Gasteiger partial charge in [-0.2, -0.15) is 5.10 Å². The van der Waals surface area contributed by atoms with Crippen LogP contribution in [0.3, 0.4) is 0 Å². The second-order valence-corrected chi connectivity index (χ2v) is 10.8. The van der Waals surface area contributed by atoms with Crippen LogP contribution in [-0.2, 0) is 11.4 Å². The largest absolute Gasteiger partial charge is 0.482 e. The SMILES string of the molecule is Cc1cc(/C=N\NC(=O)CSc2nnc(COc3ccc(Cl)cc3Cl)o2)c(C)n1-c1ccc(-c2ccccc2)cc1. The van der Waals surface area contributed by atoms with E-state index in [1.807, 2.05) is 38.1 Å². The van der Waals surface area contributed by atoms with E-state index in [9.17, 15) is 4.79 Å². The van der Waals surface area contributed by atoms with Gasteiger partial charge in [0.15, 0.2) is 6.61 Å². The predicted molar refractivity (Wildman–Crippen MR) is 162 cm³/mol. The number of amides is 1. The average molecular weight is 607 g/mol. The second kappa shape index (κ2) is 13.1. The quantitative estimate of drug-likeness (QED) is 0.102. The Kier molecular flexibility index (Phi) is 9.08. The molecule has 11 heteroatoms. The number of hydrogen-bond donors (Lipinski definition) is 1. The van der Waals surface area contributed by atoms with Crippen LogP contribution in [-0.4, -0.2) is 32.6 Å². The lowest BCUT2D eigenvalue weighted by Gasteiger charge is -2.11. The topological polar surface area (TPSA) is 94.5 Å². The number of hydrogen-bond acceptors (Lipinski definition) is 7. The number of carbonyl (C=O) groups excluding carboxylic acids is 1. The normalized spacial score (nSPS) is 11.2. The van der Waals surface area contributed by atoms with Crippen LogP contribution < -0.4 is 10.2 Å². The van der Waals surface area contributed by atoms with Gasteiger partial charge in [0, 0.05) is 27.7 Å². The molecule has 0 bridgehead atoms. The van der Waals surface area contributed by atoms with E-state index < -0.39 is 0 Å². The molecular formula is C30H25Cl2N5O3S. The number of aromatic nitrogens is 3. The first-order valence-corrected chi connectivity index (χ1v) is 14.3. The molecule has 0 aliphatic rings. The third kappa shape index (κ3) is 7.18. The van der Waals surface area contributed by atoms with Gasteiger partial charge in [0.05, 0.1) is 17.0 Å². The maximum Gasteiger partial charge on any atom is 0.277 e. The molecule has 5 rings (SSSR count). The zero-order valence-corrected chi connectivity index (χ0v) is 24.5. The van der Waals surface area contributed by atoms with Crippen molar-refractivity contribution in [2.45, 2.75) is 25.7 Å². The Bertz CT molecular complexity index is 1680. The van der Waals surface area contributed by atoms with Gasteiger partial charge in [-0.05, 0) is 61.4 Å². The Morgan fingerprint density at radius 3 is 2.54 bits per heavy atom. The van der Waals surface area contributed by atoms with E-state index in [2.05, 4.69) is 61.7 Å². The number of halogens is 2. The van der Waals surface area contributed by atoms with Gasteiger partial charge in [-0.1, -0.05) is 77.4 Å². The zero-order chi connectivity index (χ0) is 28.8. The Balaban J connectivity index is 1.12. The van der Waals surface area contributed by atoms with Crippen LogP contribution in [0, 0.1) is 13.8 Å². The lowest BCUT2D eigenvalue weighted by Crippen LogP contribution is -2.19. The molecule has 0 fully saturated rings. The molecule has 0 radical (unpaired) electrons. The third-order valence-electron chi connectivity index (χ3n) is 6.12. The summed E-state index contributed by atoms with van der Waals surface area (Å²) in [5, 5.41) is 13.1. The van der Waals surface area contributed by atoms with Crippen molar-refractivity contribution in [2.24, 2.45) is 5.10 Å². The van der Waals surface area contributed by atoms with E-state index >= 15 is 0 Å². The van der Waals surface area contributed by atoms with E-state index in [1.165, 1.54) is 5.56 Å². The molecule has 41 heavy (non-hydrogen) atoms. The second-order valence-electron chi connectivity index (χ2n) is 8.98. The molecule has 5 aromatic rings. The van der Waals surface area contributed by atoms with Crippen LogP contribution in [0.25, 0.3) is 16.8 Å². The van der Waals surface area contributed by atoms with Gasteiger partial charge >= 0.3 is 0 Å². The number of nitrogens with one attached hydrogen (secondary N) is 1. The van der Waals surface area contributed by atoms with Crippen LogP contribution in [0.1, 0.15) is 22.8 Å². The fourth-order valence-corrected chi connectivity index (χ4v) is 5.21. The summed E-state index contributed by atoms with van der Waals surface area (Å²) in [6.07, 6.45) is 1.64. The minimum absolute atomic E-state index is 0.0288. The van der Waals surface area contributed by atoms with Crippen molar-refractivity contribution in [1.82, 2.24) is 20.2 Å². The molecule has 0 atom stereocenters. The predicted octanol–water partition coefficient (Wildman–Crippen LogP) is 7.27. The standard InChI is InChI=1S/C30H25Cl2N5O3S/c1-19-14-23(20(2)37(19)25-11-8-22(9-12-25)21-6-4-3-5-7-21)16-33-34-28(38)18-41-30-36-35-29(40-30)17-39-27-13-10-24(31)15-26(27)32/h3-16H,17-18H2,1-2H3,(H,34,38)/b33-16-. The van der Waals surface area contributed by atoms with Crippen molar-refractivity contribution in [1.29, 1.82) is 0 Å². The summed E-state index contributed by atoms with van der Waals surface area (Å²) in [4.78, 5) is 12.3. The minimum Gasteiger partial charge on any atom is -0.482 e. The highest BCUT2D eigenvalue weighted by Gasteiger charge is 2.12. The van der Waals surface area contributed by atoms with E-state index in [4.69, 9.17) is 32.4 Å². The highest BCUT2D eigenvalue weighted by Crippen LogP contribution is 2.28. The Labute approximate surface area is 251 Å². The van der Waals surface area contributed by atoms with Crippen LogP contribution >= 0.6 is 35.0 Å². The van der Waals surface area contributed by atoms with Crippen molar-refractivity contribution in [3.8, 4) is 22.6 Å². The molecule has 2 aromatic heterocycles.